The second-order valence-electron chi connectivity index (χ2n) is 7.35. The minimum atomic E-state index is -0.405. The number of fused-ring (bicyclic) bond motifs is 1. The molecule has 2 aliphatic heterocycles. The van der Waals surface area contributed by atoms with Crippen molar-refractivity contribution < 1.29 is 9.59 Å². The van der Waals surface area contributed by atoms with Crippen LogP contribution in [0.15, 0.2) is 18.5 Å². The van der Waals surface area contributed by atoms with Crippen molar-refractivity contribution in [2.24, 2.45) is 0 Å². The third-order valence-electron chi connectivity index (χ3n) is 5.67. The highest BCUT2D eigenvalue weighted by Gasteiger charge is 2.37. The van der Waals surface area contributed by atoms with Gasteiger partial charge in [-0.3, -0.25) is 9.59 Å². The molecule has 4 rings (SSSR count). The van der Waals surface area contributed by atoms with Crippen molar-refractivity contribution in [1.29, 1.82) is 0 Å². The molecule has 0 spiro atoms. The topological polar surface area (TPSA) is 90.5 Å². The molecule has 0 radical (unpaired) electrons. The Kier molecular flexibility index (Phi) is 5.01. The number of nitrogens with one attached hydrogen (secondary N) is 2. The first kappa shape index (κ1) is 17.2. The number of carbonyl (C=O) groups is 2. The molecule has 3 atom stereocenters. The van der Waals surface area contributed by atoms with Gasteiger partial charge in [-0.15, -0.1) is 0 Å². The molecule has 1 aromatic rings. The van der Waals surface area contributed by atoms with Crippen molar-refractivity contribution >= 4 is 17.8 Å². The van der Waals surface area contributed by atoms with E-state index in [-0.39, 0.29) is 24.3 Å². The third kappa shape index (κ3) is 3.65. The number of anilines is 1. The molecule has 3 fully saturated rings. The van der Waals surface area contributed by atoms with E-state index in [9.17, 15) is 9.59 Å². The van der Waals surface area contributed by atoms with Gasteiger partial charge >= 0.3 is 0 Å². The van der Waals surface area contributed by atoms with Gasteiger partial charge in [-0.05, 0) is 18.9 Å². The van der Waals surface area contributed by atoms with Crippen LogP contribution in [0.2, 0.25) is 0 Å². The fraction of sp³-hybridized carbons (Fsp3) is 0.667. The summed E-state index contributed by atoms with van der Waals surface area (Å²) in [6.07, 6.45) is 8.16. The molecule has 1 saturated carbocycles. The number of amides is 2. The number of hydrogen-bond acceptors (Lipinski definition) is 6. The molecule has 140 valence electrons. The highest BCUT2D eigenvalue weighted by molar-refractivity contribution is 5.89. The quantitative estimate of drug-likeness (QED) is 0.785. The normalized spacial score (nSPS) is 29.1. The van der Waals surface area contributed by atoms with E-state index in [1.165, 1.54) is 12.8 Å². The molecule has 1 aromatic heterocycles. The monoisotopic (exact) mass is 358 g/mol. The lowest BCUT2D eigenvalue weighted by Gasteiger charge is -2.41. The van der Waals surface area contributed by atoms with E-state index in [4.69, 9.17) is 0 Å². The highest BCUT2D eigenvalue weighted by Crippen LogP contribution is 2.22. The van der Waals surface area contributed by atoms with E-state index in [0.717, 1.165) is 12.8 Å². The van der Waals surface area contributed by atoms with Crippen LogP contribution in [0, 0.1) is 0 Å². The van der Waals surface area contributed by atoms with Crippen molar-refractivity contribution in [3.63, 3.8) is 0 Å². The fourth-order valence-corrected chi connectivity index (χ4v) is 4.19. The summed E-state index contributed by atoms with van der Waals surface area (Å²) in [5.74, 6) is 0.717. The summed E-state index contributed by atoms with van der Waals surface area (Å²) >= 11 is 0. The van der Waals surface area contributed by atoms with Crippen LogP contribution in [0.5, 0.6) is 0 Å². The lowest BCUT2D eigenvalue weighted by molar-refractivity contribution is -0.136. The van der Waals surface area contributed by atoms with Gasteiger partial charge in [-0.1, -0.05) is 12.8 Å². The Morgan fingerprint density at radius 3 is 2.50 bits per heavy atom. The second kappa shape index (κ2) is 7.57. The van der Waals surface area contributed by atoms with Gasteiger partial charge in [0, 0.05) is 50.7 Å². The molecule has 8 nitrogen and oxygen atoms in total. The molecular weight excluding hydrogens is 332 g/mol. The van der Waals surface area contributed by atoms with E-state index in [1.807, 2.05) is 4.90 Å². The highest BCUT2D eigenvalue weighted by atomic mass is 16.2. The molecule has 0 aromatic carbocycles. The minimum absolute atomic E-state index is 0.0298. The average molecular weight is 358 g/mol. The Balaban J connectivity index is 1.29. The first-order valence-corrected chi connectivity index (χ1v) is 9.57. The standard InChI is InChI=1S/C18H26N6O2/c25-16(12-15-17(26)22-14-5-2-1-4-13(14)21-15)23-8-10-24(11-9-23)18-19-6-3-7-20-18/h3,6-7,13-15,21H,1-2,4-5,8-12H2,(H,22,26). The van der Waals surface area contributed by atoms with Gasteiger partial charge < -0.3 is 20.4 Å². The molecule has 3 heterocycles. The Labute approximate surface area is 153 Å². The van der Waals surface area contributed by atoms with Gasteiger partial charge in [0.1, 0.15) is 0 Å². The SMILES string of the molecule is O=C1NC2CCCCC2NC1CC(=O)N1CCN(c2ncccn2)CC1. The van der Waals surface area contributed by atoms with Crippen molar-refractivity contribution in [2.45, 2.75) is 50.2 Å². The molecule has 26 heavy (non-hydrogen) atoms. The van der Waals surface area contributed by atoms with E-state index >= 15 is 0 Å². The first-order chi connectivity index (χ1) is 12.7. The summed E-state index contributed by atoms with van der Waals surface area (Å²) in [6.45, 7) is 2.70. The third-order valence-corrected chi connectivity index (χ3v) is 5.67. The molecule has 8 heteroatoms. The molecule has 2 saturated heterocycles. The molecule has 3 aliphatic rings. The van der Waals surface area contributed by atoms with Gasteiger partial charge in [0.25, 0.3) is 0 Å². The largest absolute Gasteiger partial charge is 0.350 e. The van der Waals surface area contributed by atoms with Gasteiger partial charge in [-0.2, -0.15) is 0 Å². The number of aromatic nitrogens is 2. The minimum Gasteiger partial charge on any atom is -0.350 e. The molecule has 2 N–H and O–H groups in total. The number of carbonyl (C=O) groups excluding carboxylic acids is 2. The Morgan fingerprint density at radius 1 is 1.08 bits per heavy atom. The van der Waals surface area contributed by atoms with E-state index in [0.29, 0.717) is 38.2 Å². The zero-order valence-electron chi connectivity index (χ0n) is 14.9. The zero-order valence-corrected chi connectivity index (χ0v) is 14.9. The van der Waals surface area contributed by atoms with Gasteiger partial charge in [-0.25, -0.2) is 9.97 Å². The molecule has 3 unspecified atom stereocenters. The van der Waals surface area contributed by atoms with E-state index in [1.54, 1.807) is 18.5 Å². The van der Waals surface area contributed by atoms with Crippen LogP contribution in [-0.4, -0.2) is 71.0 Å². The number of rotatable bonds is 3. The maximum atomic E-state index is 12.7. The summed E-state index contributed by atoms with van der Waals surface area (Å²) in [7, 11) is 0. The second-order valence-corrected chi connectivity index (χ2v) is 7.35. The van der Waals surface area contributed by atoms with Crippen molar-refractivity contribution in [1.82, 2.24) is 25.5 Å². The summed E-state index contributed by atoms with van der Waals surface area (Å²) in [6, 6.07) is 1.93. The predicted octanol–water partition coefficient (Wildman–Crippen LogP) is -0.0855. The van der Waals surface area contributed by atoms with Gasteiger partial charge in [0.05, 0.1) is 12.5 Å². The maximum Gasteiger partial charge on any atom is 0.237 e. The van der Waals surface area contributed by atoms with Crippen LogP contribution in [0.25, 0.3) is 0 Å². The van der Waals surface area contributed by atoms with E-state index in [2.05, 4.69) is 25.5 Å². The first-order valence-electron chi connectivity index (χ1n) is 9.57. The van der Waals surface area contributed by atoms with Crippen LogP contribution in [-0.2, 0) is 9.59 Å². The lowest BCUT2D eigenvalue weighted by Crippen LogP contribution is -2.65. The van der Waals surface area contributed by atoms with Gasteiger partial charge in [0.2, 0.25) is 17.8 Å². The Hall–Kier alpha value is -2.22. The van der Waals surface area contributed by atoms with Crippen molar-refractivity contribution in [3.05, 3.63) is 18.5 Å². The molecular formula is C18H26N6O2. The smallest absolute Gasteiger partial charge is 0.237 e. The van der Waals surface area contributed by atoms with Crippen molar-refractivity contribution in [3.8, 4) is 0 Å². The summed E-state index contributed by atoms with van der Waals surface area (Å²) in [5.41, 5.74) is 0. The Morgan fingerprint density at radius 2 is 1.77 bits per heavy atom. The molecule has 2 amide bonds. The van der Waals surface area contributed by atoms with Crippen LogP contribution in [0.4, 0.5) is 5.95 Å². The molecule has 1 aliphatic carbocycles. The van der Waals surface area contributed by atoms with Crippen LogP contribution < -0.4 is 15.5 Å². The summed E-state index contributed by atoms with van der Waals surface area (Å²) in [4.78, 5) is 37.5. The number of hydrogen-bond donors (Lipinski definition) is 2. The summed E-state index contributed by atoms with van der Waals surface area (Å²) in [5, 5.41) is 6.53. The maximum absolute atomic E-state index is 12.7. The predicted molar refractivity (Wildman–Crippen MR) is 96.6 cm³/mol. The van der Waals surface area contributed by atoms with E-state index < -0.39 is 6.04 Å². The summed E-state index contributed by atoms with van der Waals surface area (Å²) < 4.78 is 0. The molecule has 0 bridgehead atoms. The lowest BCUT2D eigenvalue weighted by atomic mass is 9.87. The number of piperazine rings is 2. The van der Waals surface area contributed by atoms with Crippen LogP contribution in [0.1, 0.15) is 32.1 Å². The fourth-order valence-electron chi connectivity index (χ4n) is 4.19. The van der Waals surface area contributed by atoms with Crippen LogP contribution >= 0.6 is 0 Å². The van der Waals surface area contributed by atoms with Crippen molar-refractivity contribution in [2.75, 3.05) is 31.1 Å². The van der Waals surface area contributed by atoms with Gasteiger partial charge in [0.15, 0.2) is 0 Å². The van der Waals surface area contributed by atoms with Crippen LogP contribution in [0.3, 0.4) is 0 Å². The zero-order chi connectivity index (χ0) is 17.9. The number of nitrogens with zero attached hydrogens (tertiary/aromatic N) is 4. The Bertz CT molecular complexity index is 646. The average Bonchev–Trinajstić information content (AvgIpc) is 2.69.